The molecule has 0 atom stereocenters. The minimum absolute atomic E-state index is 1.14. The molecule has 0 N–H and O–H groups in total. The molecule has 0 rings (SSSR count). The fraction of sp³-hybridized carbons (Fsp3) is 1.00. The Morgan fingerprint density at radius 2 is 1.80 bits per heavy atom. The van der Waals surface area contributed by atoms with Crippen LogP contribution in [0.2, 0.25) is 0 Å². The molecule has 1 nitrogen and oxygen atoms in total. The average Bonchev–Trinajstić information content (AvgIpc) is 1.38. The fourth-order valence-corrected chi connectivity index (χ4v) is 0. The van der Waals surface area contributed by atoms with Gasteiger partial charge in [-0.2, -0.15) is 0 Å². The third-order valence-electron chi connectivity index (χ3n) is 0.632. The third-order valence-corrected chi connectivity index (χ3v) is 0.632. The first-order valence-corrected chi connectivity index (χ1v) is 1.92. The summed E-state index contributed by atoms with van der Waals surface area (Å²) >= 11 is 2.12. The molecule has 0 fully saturated rings. The van der Waals surface area contributed by atoms with Crippen LogP contribution >= 0.6 is 0 Å². The van der Waals surface area contributed by atoms with Crippen molar-refractivity contribution in [3.05, 3.63) is 0 Å². The summed E-state index contributed by atoms with van der Waals surface area (Å²) in [6.07, 6.45) is 0. The van der Waals surface area contributed by atoms with Crippen LogP contribution in [0.5, 0.6) is 0 Å². The predicted molar refractivity (Wildman–Crippen MR) is 24.3 cm³/mol. The van der Waals surface area contributed by atoms with Crippen LogP contribution in [-0.4, -0.2) is 41.9 Å². The van der Waals surface area contributed by atoms with Crippen LogP contribution in [-0.2, 0) is 0 Å². The van der Waals surface area contributed by atoms with Crippen molar-refractivity contribution >= 4 is 17.7 Å². The van der Waals surface area contributed by atoms with Crippen molar-refractivity contribution in [3.63, 3.8) is 0 Å². The molecule has 0 aromatic rings. The van der Waals surface area contributed by atoms with E-state index < -0.39 is 0 Å². The monoisotopic (exact) mass is 65.1 g/mol. The van der Waals surface area contributed by atoms with Gasteiger partial charge in [-0.1, -0.05) is 0 Å². The topological polar surface area (TPSA) is 3.24 Å². The second-order valence-corrected chi connectivity index (χ2v) is 1.40. The van der Waals surface area contributed by atoms with Gasteiger partial charge in [-0.25, -0.2) is 0 Å². The molecule has 0 spiro atoms. The van der Waals surface area contributed by atoms with Crippen molar-refractivity contribution < 1.29 is 0 Å². The molecule has 0 bridgehead atoms. The van der Waals surface area contributed by atoms with E-state index >= 15 is 0 Å². The second-order valence-electron chi connectivity index (χ2n) is 1.40. The maximum absolute atomic E-state index is 2.12. The zero-order valence-corrected chi connectivity index (χ0v) is 4.15. The number of hydrogen-bond acceptors (Lipinski definition) is 1. The van der Waals surface area contributed by atoms with Crippen LogP contribution in [0.3, 0.4) is 0 Å². The number of rotatable bonds is 1. The molecule has 0 radical (unpaired) electrons. The average molecular weight is 65.0 g/mol. The van der Waals surface area contributed by atoms with E-state index in [4.69, 9.17) is 0 Å². The van der Waals surface area contributed by atoms with E-state index in [1.807, 2.05) is 0 Å². The van der Waals surface area contributed by atoms with Crippen molar-refractivity contribution in [2.45, 2.75) is 0 Å². The van der Waals surface area contributed by atoms with Gasteiger partial charge in [0, 0.05) is 0 Å². The molecule has 0 aliphatic carbocycles. The van der Waals surface area contributed by atoms with Gasteiger partial charge in [0.2, 0.25) is 0 Å². The molecule has 0 unspecified atom stereocenters. The summed E-state index contributed by atoms with van der Waals surface area (Å²) in [6.45, 7) is 0. The molecular formula is C3H8LiN. The standard InChI is InChI=1S/C3H8N.Li/c1-4(2)3;/h1H2,2-3H3;. The van der Waals surface area contributed by atoms with Crippen LogP contribution in [0.15, 0.2) is 0 Å². The normalized spacial score (nSPS) is 9.80. The minimum atomic E-state index is 1.14. The molecule has 0 amide bonds. The molecule has 0 aromatic heterocycles. The summed E-state index contributed by atoms with van der Waals surface area (Å²) < 4.78 is 0. The molecule has 0 aliphatic heterocycles. The van der Waals surface area contributed by atoms with E-state index in [-0.39, 0.29) is 0 Å². The molecule has 2 heteroatoms. The Hall–Kier alpha value is 0.557. The van der Waals surface area contributed by atoms with Gasteiger partial charge in [0.25, 0.3) is 0 Å². The Labute approximate surface area is 42.6 Å². The molecule has 0 heterocycles. The van der Waals surface area contributed by atoms with Crippen LogP contribution in [0.4, 0.5) is 0 Å². The number of hydrogen-bond donors (Lipinski definition) is 0. The Morgan fingerprint density at radius 3 is 1.80 bits per heavy atom. The molecule has 0 aromatic carbocycles. The SMILES string of the molecule is [Li][CH2]N(C)C. The van der Waals surface area contributed by atoms with Gasteiger partial charge in [-0.15, -0.1) is 0 Å². The van der Waals surface area contributed by atoms with Crippen molar-refractivity contribution in [2.75, 3.05) is 19.3 Å². The zero-order chi connectivity index (χ0) is 4.28. The van der Waals surface area contributed by atoms with Gasteiger partial charge in [0.1, 0.15) is 0 Å². The van der Waals surface area contributed by atoms with Crippen molar-refractivity contribution in [3.8, 4) is 0 Å². The summed E-state index contributed by atoms with van der Waals surface area (Å²) in [5.41, 5.74) is 0. The van der Waals surface area contributed by atoms with Gasteiger partial charge < -0.3 is 0 Å². The Kier molecular flexibility index (Phi) is 3.09. The summed E-state index contributed by atoms with van der Waals surface area (Å²) in [6, 6.07) is 0. The van der Waals surface area contributed by atoms with E-state index in [0.29, 0.717) is 0 Å². The summed E-state index contributed by atoms with van der Waals surface area (Å²) in [5.74, 6) is 0. The van der Waals surface area contributed by atoms with Crippen molar-refractivity contribution in [1.29, 1.82) is 0 Å². The Bertz CT molecular complexity index is 20.9. The molecule has 26 valence electrons. The summed E-state index contributed by atoms with van der Waals surface area (Å²) in [4.78, 5) is 2.12. The Balaban J connectivity index is 2.54. The molecule has 0 saturated heterocycles. The molecule has 0 aliphatic rings. The van der Waals surface area contributed by atoms with Gasteiger partial charge in [-0.05, 0) is 0 Å². The van der Waals surface area contributed by atoms with E-state index in [9.17, 15) is 0 Å². The van der Waals surface area contributed by atoms with Gasteiger partial charge in [0.05, 0.1) is 0 Å². The quantitative estimate of drug-likeness (QED) is 0.378. The summed E-state index contributed by atoms with van der Waals surface area (Å²) in [7, 11) is 4.11. The predicted octanol–water partition coefficient (Wildman–Crippen LogP) is -0.326. The maximum atomic E-state index is 2.12. The van der Waals surface area contributed by atoms with E-state index in [2.05, 4.69) is 36.7 Å². The van der Waals surface area contributed by atoms with Crippen LogP contribution in [0.1, 0.15) is 0 Å². The van der Waals surface area contributed by atoms with Crippen LogP contribution in [0.25, 0.3) is 0 Å². The van der Waals surface area contributed by atoms with Crippen LogP contribution < -0.4 is 0 Å². The molecular weight excluding hydrogens is 57.0 g/mol. The van der Waals surface area contributed by atoms with Crippen molar-refractivity contribution in [2.24, 2.45) is 0 Å². The molecule has 0 saturated carbocycles. The van der Waals surface area contributed by atoms with Gasteiger partial charge in [-0.3, -0.25) is 0 Å². The van der Waals surface area contributed by atoms with Crippen LogP contribution in [0, 0.1) is 0 Å². The van der Waals surface area contributed by atoms with E-state index in [0.717, 1.165) is 5.22 Å². The Morgan fingerprint density at radius 1 is 1.60 bits per heavy atom. The summed E-state index contributed by atoms with van der Waals surface area (Å²) in [5, 5.41) is 1.14. The van der Waals surface area contributed by atoms with Gasteiger partial charge in [0.15, 0.2) is 0 Å². The first kappa shape index (κ1) is 5.56. The first-order chi connectivity index (χ1) is 2.27. The second kappa shape index (κ2) is 2.78. The number of nitrogens with zero attached hydrogens (tertiary/aromatic N) is 1. The first-order valence-electron chi connectivity index (χ1n) is 1.92. The van der Waals surface area contributed by atoms with E-state index in [1.165, 1.54) is 0 Å². The van der Waals surface area contributed by atoms with E-state index in [1.54, 1.807) is 0 Å². The zero-order valence-electron chi connectivity index (χ0n) is 4.15. The van der Waals surface area contributed by atoms with Crippen molar-refractivity contribution in [1.82, 2.24) is 4.90 Å². The van der Waals surface area contributed by atoms with Gasteiger partial charge >= 0.3 is 41.9 Å². The third kappa shape index (κ3) is 4.56. The molecule has 5 heavy (non-hydrogen) atoms. The fourth-order valence-electron chi connectivity index (χ4n) is 0.